The number of carbonyl (C=O) groups is 2. The minimum atomic E-state index is -1.59. The first-order valence-corrected chi connectivity index (χ1v) is 4.22. The summed E-state index contributed by atoms with van der Waals surface area (Å²) in [5.74, 6) is -2.70. The van der Waals surface area contributed by atoms with Crippen molar-refractivity contribution in [3.05, 3.63) is 27.7 Å². The van der Waals surface area contributed by atoms with Crippen molar-refractivity contribution >= 4 is 40.6 Å². The van der Waals surface area contributed by atoms with Crippen LogP contribution in [0.4, 0.5) is 5.69 Å². The van der Waals surface area contributed by atoms with E-state index in [0.29, 0.717) is 0 Å². The lowest BCUT2D eigenvalue weighted by atomic mass is 10.1. The Balaban J connectivity index is 3.31. The third-order valence-corrected chi connectivity index (χ3v) is 2.30. The summed E-state index contributed by atoms with van der Waals surface area (Å²) in [7, 11) is 0. The van der Waals surface area contributed by atoms with Crippen molar-refractivity contribution in [2.45, 2.75) is 0 Å². The van der Waals surface area contributed by atoms with Gasteiger partial charge in [-0.15, -0.1) is 0 Å². The Morgan fingerprint density at radius 1 is 1.29 bits per heavy atom. The highest BCUT2D eigenvalue weighted by Gasteiger charge is 2.20. The van der Waals surface area contributed by atoms with Crippen molar-refractivity contribution in [3.8, 4) is 0 Å². The Hall–Kier alpha value is -1.26. The highest BCUT2D eigenvalue weighted by Crippen LogP contribution is 2.30. The van der Waals surface area contributed by atoms with E-state index in [4.69, 9.17) is 34.0 Å². The maximum atomic E-state index is 11.0. The SMILES string of the molecule is Nc1c(Cl)ccc(C(=O)C(=O)O)c1Cl. The van der Waals surface area contributed by atoms with E-state index in [1.54, 1.807) is 0 Å². The molecule has 0 spiro atoms. The number of nitrogens with two attached hydrogens (primary N) is 1. The number of hydrogen-bond acceptors (Lipinski definition) is 3. The summed E-state index contributed by atoms with van der Waals surface area (Å²) in [4.78, 5) is 21.4. The highest BCUT2D eigenvalue weighted by molar-refractivity contribution is 6.47. The van der Waals surface area contributed by atoms with Crippen LogP contribution in [0, 0.1) is 0 Å². The van der Waals surface area contributed by atoms with E-state index in [-0.39, 0.29) is 21.3 Å². The molecule has 14 heavy (non-hydrogen) atoms. The first-order chi connectivity index (χ1) is 6.45. The second-order valence-corrected chi connectivity index (χ2v) is 3.24. The number of halogens is 2. The van der Waals surface area contributed by atoms with Gasteiger partial charge in [0.1, 0.15) is 0 Å². The Bertz CT molecular complexity index is 417. The summed E-state index contributed by atoms with van der Waals surface area (Å²) < 4.78 is 0. The van der Waals surface area contributed by atoms with Crippen LogP contribution in [-0.4, -0.2) is 16.9 Å². The van der Waals surface area contributed by atoms with Gasteiger partial charge in [0.05, 0.1) is 21.3 Å². The first-order valence-electron chi connectivity index (χ1n) is 3.46. The summed E-state index contributed by atoms with van der Waals surface area (Å²) in [6.07, 6.45) is 0. The molecule has 0 unspecified atom stereocenters. The van der Waals surface area contributed by atoms with E-state index in [1.807, 2.05) is 0 Å². The average Bonchev–Trinajstić information content (AvgIpc) is 2.13. The summed E-state index contributed by atoms with van der Waals surface area (Å²) in [6.45, 7) is 0. The number of benzene rings is 1. The number of nitrogen functional groups attached to an aromatic ring is 1. The van der Waals surface area contributed by atoms with Crippen LogP contribution in [0.2, 0.25) is 10.0 Å². The van der Waals surface area contributed by atoms with Gasteiger partial charge in [-0.3, -0.25) is 4.79 Å². The Morgan fingerprint density at radius 3 is 2.36 bits per heavy atom. The normalized spacial score (nSPS) is 9.86. The number of hydrogen-bond donors (Lipinski definition) is 2. The molecule has 4 nitrogen and oxygen atoms in total. The molecule has 3 N–H and O–H groups in total. The zero-order valence-corrected chi connectivity index (χ0v) is 8.26. The van der Waals surface area contributed by atoms with Crippen LogP contribution in [0.25, 0.3) is 0 Å². The lowest BCUT2D eigenvalue weighted by Crippen LogP contribution is -2.13. The second-order valence-electron chi connectivity index (χ2n) is 2.46. The molecule has 1 aromatic rings. The molecule has 0 aliphatic carbocycles. The van der Waals surface area contributed by atoms with Crippen molar-refractivity contribution in [1.82, 2.24) is 0 Å². The van der Waals surface area contributed by atoms with Gasteiger partial charge in [0, 0.05) is 0 Å². The molecular weight excluding hydrogens is 229 g/mol. The van der Waals surface area contributed by atoms with Crippen LogP contribution >= 0.6 is 23.2 Å². The molecule has 0 saturated heterocycles. The maximum Gasteiger partial charge on any atom is 0.377 e. The summed E-state index contributed by atoms with van der Waals surface area (Å²) in [5, 5.41) is 8.48. The molecule has 0 atom stereocenters. The van der Waals surface area contributed by atoms with Crippen LogP contribution in [0.3, 0.4) is 0 Å². The van der Waals surface area contributed by atoms with Gasteiger partial charge < -0.3 is 10.8 Å². The van der Waals surface area contributed by atoms with Gasteiger partial charge in [-0.25, -0.2) is 4.79 Å². The molecule has 0 aliphatic rings. The van der Waals surface area contributed by atoms with Crippen LogP contribution in [0.15, 0.2) is 12.1 Å². The van der Waals surface area contributed by atoms with Crippen molar-refractivity contribution in [2.75, 3.05) is 5.73 Å². The summed E-state index contributed by atoms with van der Waals surface area (Å²) in [5.41, 5.74) is 5.25. The molecule has 6 heteroatoms. The third kappa shape index (κ3) is 1.81. The van der Waals surface area contributed by atoms with Gasteiger partial charge in [0.15, 0.2) is 0 Å². The molecule has 0 aromatic heterocycles. The van der Waals surface area contributed by atoms with E-state index in [0.717, 1.165) is 0 Å². The van der Waals surface area contributed by atoms with E-state index < -0.39 is 11.8 Å². The van der Waals surface area contributed by atoms with Crippen molar-refractivity contribution in [1.29, 1.82) is 0 Å². The van der Waals surface area contributed by atoms with E-state index in [2.05, 4.69) is 0 Å². The van der Waals surface area contributed by atoms with Gasteiger partial charge in [0.2, 0.25) is 0 Å². The predicted molar refractivity (Wildman–Crippen MR) is 52.8 cm³/mol. The number of Topliss-reactive ketones (excluding diaryl/α,β-unsaturated/α-hetero) is 1. The molecule has 1 rings (SSSR count). The lowest BCUT2D eigenvalue weighted by molar-refractivity contribution is -0.131. The van der Waals surface area contributed by atoms with E-state index in [9.17, 15) is 9.59 Å². The van der Waals surface area contributed by atoms with Gasteiger partial charge >= 0.3 is 5.97 Å². The molecule has 0 heterocycles. The highest BCUT2D eigenvalue weighted by atomic mass is 35.5. The molecule has 74 valence electrons. The van der Waals surface area contributed by atoms with Crippen LogP contribution in [0.1, 0.15) is 10.4 Å². The zero-order chi connectivity index (χ0) is 10.9. The fourth-order valence-corrected chi connectivity index (χ4v) is 1.32. The van der Waals surface area contributed by atoms with E-state index >= 15 is 0 Å². The molecular formula is C8H5Cl2NO3. The number of anilines is 1. The Kier molecular flexibility index (Phi) is 2.98. The number of carbonyl (C=O) groups excluding carboxylic acids is 1. The van der Waals surface area contributed by atoms with Gasteiger partial charge in [-0.2, -0.15) is 0 Å². The second kappa shape index (κ2) is 3.86. The monoisotopic (exact) mass is 233 g/mol. The van der Waals surface area contributed by atoms with Crippen molar-refractivity contribution in [3.63, 3.8) is 0 Å². The fourth-order valence-electron chi connectivity index (χ4n) is 0.860. The largest absolute Gasteiger partial charge is 0.475 e. The molecule has 1 aromatic carbocycles. The maximum absolute atomic E-state index is 11.0. The first kappa shape index (κ1) is 10.8. The topological polar surface area (TPSA) is 80.4 Å². The van der Waals surface area contributed by atoms with Crippen LogP contribution < -0.4 is 5.73 Å². The predicted octanol–water partition coefficient (Wildman–Crippen LogP) is 1.84. The molecule has 0 fully saturated rings. The van der Waals surface area contributed by atoms with Gasteiger partial charge in [-0.05, 0) is 12.1 Å². The number of carboxylic acids is 1. The Morgan fingerprint density at radius 2 is 1.86 bits per heavy atom. The number of aliphatic carboxylic acids is 1. The molecule has 0 saturated carbocycles. The quantitative estimate of drug-likeness (QED) is 0.464. The molecule has 0 bridgehead atoms. The van der Waals surface area contributed by atoms with Crippen molar-refractivity contribution in [2.24, 2.45) is 0 Å². The average molecular weight is 234 g/mol. The number of carboxylic acid groups (broad SMARTS) is 1. The zero-order valence-electron chi connectivity index (χ0n) is 6.75. The Labute approximate surface area is 89.2 Å². The molecule has 0 amide bonds. The third-order valence-electron chi connectivity index (χ3n) is 1.57. The fraction of sp³-hybridized carbons (Fsp3) is 0. The smallest absolute Gasteiger partial charge is 0.377 e. The minimum Gasteiger partial charge on any atom is -0.475 e. The molecule has 0 aliphatic heterocycles. The van der Waals surface area contributed by atoms with Crippen LogP contribution in [-0.2, 0) is 4.79 Å². The summed E-state index contributed by atoms with van der Waals surface area (Å²) in [6, 6.07) is 2.54. The lowest BCUT2D eigenvalue weighted by Gasteiger charge is -2.04. The summed E-state index contributed by atoms with van der Waals surface area (Å²) >= 11 is 11.2. The minimum absolute atomic E-state index is 0.000401. The van der Waals surface area contributed by atoms with Gasteiger partial charge in [0.25, 0.3) is 5.78 Å². The van der Waals surface area contributed by atoms with Crippen LogP contribution in [0.5, 0.6) is 0 Å². The number of ketones is 1. The standard InChI is InChI=1S/C8H5Cl2NO3/c9-4-2-1-3(5(10)6(4)11)7(12)8(13)14/h1-2H,11H2,(H,13,14). The number of rotatable bonds is 2. The molecule has 0 radical (unpaired) electrons. The van der Waals surface area contributed by atoms with E-state index in [1.165, 1.54) is 12.1 Å². The van der Waals surface area contributed by atoms with Gasteiger partial charge in [-0.1, -0.05) is 23.2 Å². The van der Waals surface area contributed by atoms with Crippen molar-refractivity contribution < 1.29 is 14.7 Å².